The van der Waals surface area contributed by atoms with Gasteiger partial charge in [0.15, 0.2) is 0 Å². The van der Waals surface area contributed by atoms with Gasteiger partial charge in [0.1, 0.15) is 6.10 Å². The van der Waals surface area contributed by atoms with Gasteiger partial charge in [0.2, 0.25) is 0 Å². The van der Waals surface area contributed by atoms with Crippen molar-refractivity contribution in [2.24, 2.45) is 0 Å². The van der Waals surface area contributed by atoms with Crippen LogP contribution in [-0.4, -0.2) is 19.7 Å². The monoisotopic (exact) mass is 227 g/mol. The molecule has 1 aliphatic carbocycles. The van der Waals surface area contributed by atoms with Gasteiger partial charge < -0.3 is 0 Å². The van der Waals surface area contributed by atoms with Crippen LogP contribution in [0.2, 0.25) is 0 Å². The van der Waals surface area contributed by atoms with E-state index in [2.05, 4.69) is 4.98 Å². The Morgan fingerprint density at radius 2 is 2.33 bits per heavy atom. The summed E-state index contributed by atoms with van der Waals surface area (Å²) in [7, 11) is -3.41. The number of aryl methyl sites for hydroxylation is 1. The van der Waals surface area contributed by atoms with E-state index in [4.69, 9.17) is 4.18 Å². The van der Waals surface area contributed by atoms with Gasteiger partial charge in [-0.25, -0.2) is 0 Å². The SMILES string of the molecule is CS(=O)(=O)O[C@@H]1CCCc2cccnc21. The van der Waals surface area contributed by atoms with E-state index in [0.717, 1.165) is 36.8 Å². The highest BCUT2D eigenvalue weighted by Crippen LogP contribution is 2.31. The number of hydrogen-bond donors (Lipinski definition) is 0. The fourth-order valence-electron chi connectivity index (χ4n) is 1.87. The van der Waals surface area contributed by atoms with Crippen LogP contribution in [0.1, 0.15) is 30.2 Å². The fraction of sp³-hybridized carbons (Fsp3) is 0.500. The van der Waals surface area contributed by atoms with Gasteiger partial charge in [0.05, 0.1) is 11.9 Å². The molecule has 82 valence electrons. The zero-order chi connectivity index (χ0) is 10.9. The highest BCUT2D eigenvalue weighted by Gasteiger charge is 2.25. The van der Waals surface area contributed by atoms with Crippen molar-refractivity contribution >= 4 is 10.1 Å². The van der Waals surface area contributed by atoms with E-state index >= 15 is 0 Å². The molecule has 1 aromatic heterocycles. The topological polar surface area (TPSA) is 56.3 Å². The molecule has 0 radical (unpaired) electrons. The first-order chi connectivity index (χ1) is 7.06. The molecule has 1 aromatic rings. The molecule has 0 fully saturated rings. The van der Waals surface area contributed by atoms with Crippen molar-refractivity contribution in [2.75, 3.05) is 6.26 Å². The minimum atomic E-state index is -3.41. The Hall–Kier alpha value is -0.940. The number of fused-ring (bicyclic) bond motifs is 1. The largest absolute Gasteiger partial charge is 0.265 e. The lowest BCUT2D eigenvalue weighted by molar-refractivity contribution is 0.188. The Morgan fingerprint density at radius 1 is 1.53 bits per heavy atom. The van der Waals surface area contributed by atoms with Crippen molar-refractivity contribution in [1.82, 2.24) is 4.98 Å². The maximum Gasteiger partial charge on any atom is 0.265 e. The lowest BCUT2D eigenvalue weighted by atomic mass is 9.94. The van der Waals surface area contributed by atoms with Crippen LogP contribution in [0.4, 0.5) is 0 Å². The molecular weight excluding hydrogens is 214 g/mol. The quantitative estimate of drug-likeness (QED) is 0.717. The normalized spacial score (nSPS) is 21.0. The molecule has 15 heavy (non-hydrogen) atoms. The van der Waals surface area contributed by atoms with Crippen molar-refractivity contribution in [3.05, 3.63) is 29.6 Å². The summed E-state index contributed by atoms with van der Waals surface area (Å²) in [5, 5.41) is 0. The summed E-state index contributed by atoms with van der Waals surface area (Å²) in [6.07, 6.45) is 4.96. The molecule has 0 unspecified atom stereocenters. The molecule has 4 nitrogen and oxygen atoms in total. The molecule has 2 rings (SSSR count). The highest BCUT2D eigenvalue weighted by molar-refractivity contribution is 7.86. The Kier molecular flexibility index (Phi) is 2.75. The van der Waals surface area contributed by atoms with E-state index in [1.54, 1.807) is 6.20 Å². The molecule has 0 N–H and O–H groups in total. The highest BCUT2D eigenvalue weighted by atomic mass is 32.2. The fourth-order valence-corrected chi connectivity index (χ4v) is 2.48. The number of aromatic nitrogens is 1. The van der Waals surface area contributed by atoms with Crippen molar-refractivity contribution in [1.29, 1.82) is 0 Å². The Morgan fingerprint density at radius 3 is 3.07 bits per heavy atom. The van der Waals surface area contributed by atoms with Gasteiger partial charge in [-0.1, -0.05) is 6.07 Å². The maximum atomic E-state index is 11.1. The van der Waals surface area contributed by atoms with E-state index in [9.17, 15) is 8.42 Å². The summed E-state index contributed by atoms with van der Waals surface area (Å²) < 4.78 is 27.1. The summed E-state index contributed by atoms with van der Waals surface area (Å²) in [5.41, 5.74) is 1.87. The zero-order valence-corrected chi connectivity index (χ0v) is 9.33. The molecule has 0 bridgehead atoms. The van der Waals surface area contributed by atoms with Gasteiger partial charge >= 0.3 is 0 Å². The number of pyridine rings is 1. The lowest BCUT2D eigenvalue weighted by Crippen LogP contribution is -2.17. The van der Waals surface area contributed by atoms with Crippen LogP contribution < -0.4 is 0 Å². The van der Waals surface area contributed by atoms with Gasteiger partial charge in [0, 0.05) is 6.20 Å². The van der Waals surface area contributed by atoms with Gasteiger partial charge in [0.25, 0.3) is 10.1 Å². The summed E-state index contributed by atoms with van der Waals surface area (Å²) in [6, 6.07) is 3.84. The average Bonchev–Trinajstić information content (AvgIpc) is 2.16. The molecule has 0 amide bonds. The molecule has 1 atom stereocenters. The number of rotatable bonds is 2. The molecule has 0 saturated heterocycles. The Balaban J connectivity index is 2.30. The minimum absolute atomic E-state index is 0.398. The Labute approximate surface area is 89.4 Å². The molecule has 5 heteroatoms. The third-order valence-electron chi connectivity index (χ3n) is 2.43. The Bertz CT molecular complexity index is 455. The summed E-state index contributed by atoms with van der Waals surface area (Å²) in [5.74, 6) is 0. The lowest BCUT2D eigenvalue weighted by Gasteiger charge is -2.22. The van der Waals surface area contributed by atoms with Crippen LogP contribution in [0.5, 0.6) is 0 Å². The average molecular weight is 227 g/mol. The van der Waals surface area contributed by atoms with E-state index < -0.39 is 16.2 Å². The second kappa shape index (κ2) is 3.90. The van der Waals surface area contributed by atoms with E-state index in [1.807, 2.05) is 12.1 Å². The van der Waals surface area contributed by atoms with Crippen molar-refractivity contribution < 1.29 is 12.6 Å². The van der Waals surface area contributed by atoms with Gasteiger partial charge in [-0.05, 0) is 30.9 Å². The van der Waals surface area contributed by atoms with Crippen LogP contribution >= 0.6 is 0 Å². The smallest absolute Gasteiger partial charge is 0.260 e. The predicted octanol–water partition coefficient (Wildman–Crippen LogP) is 1.44. The number of hydrogen-bond acceptors (Lipinski definition) is 4. The van der Waals surface area contributed by atoms with Crippen molar-refractivity contribution in [2.45, 2.75) is 25.4 Å². The van der Waals surface area contributed by atoms with E-state index in [-0.39, 0.29) is 0 Å². The summed E-state index contributed by atoms with van der Waals surface area (Å²) >= 11 is 0. The third kappa shape index (κ3) is 2.54. The molecule has 0 aliphatic heterocycles. The maximum absolute atomic E-state index is 11.1. The second-order valence-corrected chi connectivity index (χ2v) is 5.33. The predicted molar refractivity (Wildman–Crippen MR) is 55.8 cm³/mol. The third-order valence-corrected chi connectivity index (χ3v) is 3.02. The molecular formula is C10H13NO3S. The van der Waals surface area contributed by atoms with E-state index in [1.165, 1.54) is 0 Å². The number of nitrogens with zero attached hydrogens (tertiary/aromatic N) is 1. The van der Waals surface area contributed by atoms with Crippen LogP contribution in [0.15, 0.2) is 18.3 Å². The standard InChI is InChI=1S/C10H13NO3S/c1-15(12,13)14-9-6-2-4-8-5-3-7-11-10(8)9/h3,5,7,9H,2,4,6H2,1H3/t9-/m1/s1. The van der Waals surface area contributed by atoms with Crippen molar-refractivity contribution in [3.8, 4) is 0 Å². The molecule has 1 heterocycles. The van der Waals surface area contributed by atoms with Gasteiger partial charge in [-0.15, -0.1) is 0 Å². The van der Waals surface area contributed by atoms with E-state index in [0.29, 0.717) is 0 Å². The second-order valence-electron chi connectivity index (χ2n) is 3.73. The summed E-state index contributed by atoms with van der Waals surface area (Å²) in [6.45, 7) is 0. The van der Waals surface area contributed by atoms with Crippen molar-refractivity contribution in [3.63, 3.8) is 0 Å². The first-order valence-electron chi connectivity index (χ1n) is 4.88. The molecule has 1 aliphatic rings. The van der Waals surface area contributed by atoms with Gasteiger partial charge in [-0.2, -0.15) is 8.42 Å². The molecule has 0 saturated carbocycles. The minimum Gasteiger partial charge on any atom is -0.260 e. The zero-order valence-electron chi connectivity index (χ0n) is 8.51. The van der Waals surface area contributed by atoms with Crippen LogP contribution in [0.3, 0.4) is 0 Å². The van der Waals surface area contributed by atoms with Crippen LogP contribution in [0, 0.1) is 0 Å². The van der Waals surface area contributed by atoms with Crippen LogP contribution in [0.25, 0.3) is 0 Å². The van der Waals surface area contributed by atoms with Gasteiger partial charge in [-0.3, -0.25) is 9.17 Å². The first kappa shape index (κ1) is 10.6. The summed E-state index contributed by atoms with van der Waals surface area (Å²) in [4.78, 5) is 4.20. The molecule has 0 spiro atoms. The first-order valence-corrected chi connectivity index (χ1v) is 6.70. The van der Waals surface area contributed by atoms with Crippen LogP contribution in [-0.2, 0) is 20.7 Å². The molecule has 0 aromatic carbocycles.